The summed E-state index contributed by atoms with van der Waals surface area (Å²) >= 11 is 0. The number of aromatic nitrogens is 3. The SMILES string of the molecule is COc1c(-c2c(F)c(N)cc(C)c2C(F)(F)F)ncc2c(N3C[C@H]4CC[C@@H](C3)N4)nc(OC[C@@]34CCCN3C[C@@]3(CC3(F)F)C4)nc12. The topological polar surface area (TPSA) is 102 Å². The molecule has 15 heteroatoms. The highest BCUT2D eigenvalue weighted by Gasteiger charge is 2.77. The van der Waals surface area contributed by atoms with Crippen LogP contribution in [0.3, 0.4) is 0 Å². The van der Waals surface area contributed by atoms with Gasteiger partial charge in [-0.25, -0.2) is 13.2 Å². The number of piperazine rings is 1. The van der Waals surface area contributed by atoms with Crippen LogP contribution in [0.25, 0.3) is 22.2 Å². The molecule has 47 heavy (non-hydrogen) atoms. The summed E-state index contributed by atoms with van der Waals surface area (Å²) < 4.78 is 99.6. The molecule has 4 atom stereocenters. The number of fused-ring (bicyclic) bond motifs is 4. The van der Waals surface area contributed by atoms with Crippen LogP contribution in [0.4, 0.5) is 37.8 Å². The van der Waals surface area contributed by atoms with Crippen molar-refractivity contribution in [3.8, 4) is 23.0 Å². The van der Waals surface area contributed by atoms with Crippen molar-refractivity contribution in [3.63, 3.8) is 0 Å². The molecule has 1 aliphatic carbocycles. The Bertz CT molecular complexity index is 1780. The van der Waals surface area contributed by atoms with Crippen molar-refractivity contribution >= 4 is 22.4 Å². The Balaban J connectivity index is 1.26. The van der Waals surface area contributed by atoms with Crippen LogP contribution < -0.4 is 25.4 Å². The van der Waals surface area contributed by atoms with Gasteiger partial charge >= 0.3 is 12.2 Å². The first-order valence-corrected chi connectivity index (χ1v) is 15.9. The van der Waals surface area contributed by atoms with Gasteiger partial charge in [0.25, 0.3) is 5.92 Å². The van der Waals surface area contributed by atoms with Gasteiger partial charge in [0.1, 0.15) is 23.6 Å². The molecule has 8 rings (SSSR count). The van der Waals surface area contributed by atoms with Crippen molar-refractivity contribution in [2.24, 2.45) is 5.41 Å². The number of nitrogens with two attached hydrogens (primary N) is 1. The zero-order valence-corrected chi connectivity index (χ0v) is 26.0. The number of nitrogen functional groups attached to an aromatic ring is 1. The van der Waals surface area contributed by atoms with E-state index in [2.05, 4.69) is 25.1 Å². The van der Waals surface area contributed by atoms with Crippen molar-refractivity contribution in [2.75, 3.05) is 50.5 Å². The fraction of sp³-hybridized carbons (Fsp3) is 0.594. The third-order valence-electron chi connectivity index (χ3n) is 11.0. The van der Waals surface area contributed by atoms with Crippen LogP contribution in [0.1, 0.15) is 49.7 Å². The van der Waals surface area contributed by atoms with Crippen molar-refractivity contribution in [1.29, 1.82) is 0 Å². The molecule has 4 saturated heterocycles. The third kappa shape index (κ3) is 4.70. The van der Waals surface area contributed by atoms with Gasteiger partial charge < -0.3 is 25.4 Å². The monoisotopic (exact) mass is 663 g/mol. The average molecular weight is 664 g/mol. The van der Waals surface area contributed by atoms with Gasteiger partial charge in [0.05, 0.1) is 40.3 Å². The number of aryl methyl sites for hydroxylation is 1. The zero-order valence-electron chi connectivity index (χ0n) is 26.0. The van der Waals surface area contributed by atoms with Crippen molar-refractivity contribution < 1.29 is 35.8 Å². The summed E-state index contributed by atoms with van der Waals surface area (Å²) in [5, 5.41) is 3.96. The third-order valence-corrected chi connectivity index (χ3v) is 11.0. The Labute approximate surface area is 266 Å². The van der Waals surface area contributed by atoms with E-state index in [1.165, 1.54) is 20.2 Å². The van der Waals surface area contributed by atoms with Gasteiger partial charge in [0.15, 0.2) is 11.6 Å². The van der Waals surface area contributed by atoms with E-state index in [0.29, 0.717) is 50.2 Å². The maximum absolute atomic E-state index is 15.6. The predicted octanol–water partition coefficient (Wildman–Crippen LogP) is 5.33. The number of pyridine rings is 1. The smallest absolute Gasteiger partial charge is 0.417 e. The molecule has 4 aliphatic heterocycles. The summed E-state index contributed by atoms with van der Waals surface area (Å²) in [6.45, 7) is 3.52. The quantitative estimate of drug-likeness (QED) is 0.268. The summed E-state index contributed by atoms with van der Waals surface area (Å²) in [5.41, 5.74) is 1.08. The second kappa shape index (κ2) is 10.2. The summed E-state index contributed by atoms with van der Waals surface area (Å²) in [5.74, 6) is -3.70. The van der Waals surface area contributed by atoms with Gasteiger partial charge in [-0.1, -0.05) is 0 Å². The number of ether oxygens (including phenoxy) is 2. The number of methoxy groups -OCH3 is 1. The van der Waals surface area contributed by atoms with Crippen LogP contribution in [0, 0.1) is 18.2 Å². The van der Waals surface area contributed by atoms with Crippen molar-refractivity contribution in [1.82, 2.24) is 25.2 Å². The minimum Gasteiger partial charge on any atom is -0.492 e. The van der Waals surface area contributed by atoms with Gasteiger partial charge in [0.2, 0.25) is 0 Å². The van der Waals surface area contributed by atoms with E-state index in [1.54, 1.807) is 0 Å². The van der Waals surface area contributed by atoms with E-state index in [0.717, 1.165) is 25.3 Å². The highest BCUT2D eigenvalue weighted by Crippen LogP contribution is 2.69. The molecule has 2 aromatic heterocycles. The Morgan fingerprint density at radius 1 is 1.13 bits per heavy atom. The average Bonchev–Trinajstić information content (AvgIpc) is 3.34. The van der Waals surface area contributed by atoms with E-state index in [-0.39, 0.29) is 48.0 Å². The molecule has 252 valence electrons. The normalized spacial score (nSPS) is 29.6. The number of anilines is 2. The Kier molecular flexibility index (Phi) is 6.67. The first-order chi connectivity index (χ1) is 22.2. The van der Waals surface area contributed by atoms with E-state index >= 15 is 4.39 Å². The van der Waals surface area contributed by atoms with Crippen molar-refractivity contribution in [3.05, 3.63) is 29.2 Å². The van der Waals surface area contributed by atoms with E-state index in [1.807, 2.05) is 0 Å². The molecule has 5 aliphatic rings. The first-order valence-electron chi connectivity index (χ1n) is 15.9. The standard InChI is InChI=1S/C32H35F6N7O2/c1-16-8-20(39)23(33)21(22(16)32(36,37)38)25-26(46-2)24-19(9-40-25)27(44-10-17-4-5-18(11-44)41-17)43-28(42-24)47-15-30-6-3-7-45(30)14-29(12-30)13-31(29,34)35/h8-9,17-18,41H,3-7,10-15,39H2,1-2H3/t17-,18+,29-,30-/m0/s1. The summed E-state index contributed by atoms with van der Waals surface area (Å²) in [6, 6.07) is 1.31. The number of rotatable bonds is 6. The maximum atomic E-state index is 15.6. The fourth-order valence-corrected chi connectivity index (χ4v) is 8.73. The molecule has 0 amide bonds. The molecular formula is C32H35F6N7O2. The van der Waals surface area contributed by atoms with Gasteiger partial charge in [-0.2, -0.15) is 23.1 Å². The van der Waals surface area contributed by atoms with Crippen LogP contribution in [0.5, 0.6) is 11.8 Å². The second-order valence-electron chi connectivity index (χ2n) is 14.0. The number of hydrogen-bond donors (Lipinski definition) is 2. The lowest BCUT2D eigenvalue weighted by molar-refractivity contribution is -0.137. The van der Waals surface area contributed by atoms with Crippen LogP contribution in [-0.2, 0) is 6.18 Å². The highest BCUT2D eigenvalue weighted by atomic mass is 19.4. The van der Waals surface area contributed by atoms with Crippen LogP contribution in [-0.4, -0.2) is 83.3 Å². The van der Waals surface area contributed by atoms with Crippen LogP contribution >= 0.6 is 0 Å². The number of halogens is 6. The second-order valence-corrected chi connectivity index (χ2v) is 14.0. The summed E-state index contributed by atoms with van der Waals surface area (Å²) in [7, 11) is 1.25. The van der Waals surface area contributed by atoms with E-state index in [4.69, 9.17) is 20.2 Å². The van der Waals surface area contributed by atoms with Gasteiger partial charge in [0, 0.05) is 44.3 Å². The number of benzene rings is 1. The molecule has 1 aromatic carbocycles. The molecule has 9 nitrogen and oxygen atoms in total. The minimum atomic E-state index is -4.93. The number of nitrogens with zero attached hydrogens (tertiary/aromatic N) is 5. The van der Waals surface area contributed by atoms with Gasteiger partial charge in [-0.05, 0) is 57.2 Å². The molecule has 3 aromatic rings. The lowest BCUT2D eigenvalue weighted by atomic mass is 9.89. The van der Waals surface area contributed by atoms with Crippen LogP contribution in [0.15, 0.2) is 12.3 Å². The lowest BCUT2D eigenvalue weighted by Gasteiger charge is -2.34. The molecule has 5 fully saturated rings. The number of alkyl halides is 5. The summed E-state index contributed by atoms with van der Waals surface area (Å²) in [4.78, 5) is 17.9. The highest BCUT2D eigenvalue weighted by molar-refractivity contribution is 5.97. The molecule has 3 N–H and O–H groups in total. The van der Waals surface area contributed by atoms with E-state index in [9.17, 15) is 22.0 Å². The number of nitrogens with one attached hydrogen (secondary N) is 1. The molecule has 1 saturated carbocycles. The minimum absolute atomic E-state index is 0.0705. The first kappa shape index (κ1) is 30.7. The largest absolute Gasteiger partial charge is 0.492 e. The molecular weight excluding hydrogens is 628 g/mol. The number of hydrogen-bond acceptors (Lipinski definition) is 9. The van der Waals surface area contributed by atoms with E-state index < -0.39 is 51.4 Å². The molecule has 0 unspecified atom stereocenters. The molecule has 2 bridgehead atoms. The Morgan fingerprint density at radius 3 is 2.51 bits per heavy atom. The van der Waals surface area contributed by atoms with Crippen molar-refractivity contribution in [2.45, 2.75) is 75.2 Å². The molecule has 6 heterocycles. The lowest BCUT2D eigenvalue weighted by Crippen LogP contribution is -2.51. The fourth-order valence-electron chi connectivity index (χ4n) is 8.73. The molecule has 1 spiro atoms. The summed E-state index contributed by atoms with van der Waals surface area (Å²) in [6.07, 6.45) is 0.0991. The van der Waals surface area contributed by atoms with Crippen LogP contribution in [0.2, 0.25) is 0 Å². The predicted molar refractivity (Wildman–Crippen MR) is 161 cm³/mol. The zero-order chi connectivity index (χ0) is 33.1. The Morgan fingerprint density at radius 2 is 1.85 bits per heavy atom. The van der Waals surface area contributed by atoms with Gasteiger partial charge in [-0.15, -0.1) is 0 Å². The maximum Gasteiger partial charge on any atom is 0.417 e. The Hall–Kier alpha value is -3.59. The van der Waals surface area contributed by atoms with Gasteiger partial charge in [-0.3, -0.25) is 9.88 Å². The molecule has 0 radical (unpaired) electrons.